The van der Waals surface area contributed by atoms with Crippen LogP contribution in [0.2, 0.25) is 0 Å². The summed E-state index contributed by atoms with van der Waals surface area (Å²) in [5.41, 5.74) is 0. The maximum absolute atomic E-state index is 9.50. The quantitative estimate of drug-likeness (QED) is 0.461. The van der Waals surface area contributed by atoms with Gasteiger partial charge in [0.1, 0.15) is 0 Å². The molecule has 3 heteroatoms. The van der Waals surface area contributed by atoms with Crippen LogP contribution >= 0.6 is 0 Å². The van der Waals surface area contributed by atoms with Crippen molar-refractivity contribution in [1.29, 1.82) is 0 Å². The second-order valence-corrected chi connectivity index (χ2v) is 1.50. The fourth-order valence-corrected chi connectivity index (χ4v) is 0.604. The Labute approximate surface area is 49.5 Å². The Hall–Kier alpha value is -0.150. The average Bonchev–Trinajstić information content (AvgIpc) is 1.96. The van der Waals surface area contributed by atoms with E-state index in [0.717, 1.165) is 26.2 Å². The Balaban J connectivity index is 0.000000222. The molecule has 8 heavy (non-hydrogen) atoms. The molecule has 50 valence electrons. The van der Waals surface area contributed by atoms with Crippen molar-refractivity contribution in [2.45, 2.75) is 0 Å². The Morgan fingerprint density at radius 1 is 0.875 bits per heavy atom. The van der Waals surface area contributed by atoms with E-state index < -0.39 is 0 Å². The first-order chi connectivity index (χ1) is 4.00. The van der Waals surface area contributed by atoms with E-state index in [1.54, 1.807) is 0 Å². The molecule has 0 unspecified atom stereocenters. The molecule has 0 spiro atoms. The minimum atomic E-state index is 0.500. The molecule has 0 bridgehead atoms. The van der Waals surface area contributed by atoms with Crippen LogP contribution in [0.1, 0.15) is 0 Å². The van der Waals surface area contributed by atoms with Gasteiger partial charge in [0.15, 0.2) is 0 Å². The summed E-state index contributed by atoms with van der Waals surface area (Å²) in [6, 6.07) is 0. The number of alkyl halides is 1. The third-order valence-electron chi connectivity index (χ3n) is 0.957. The van der Waals surface area contributed by atoms with Gasteiger partial charge in [-0.05, 0) is 0 Å². The van der Waals surface area contributed by atoms with Crippen molar-refractivity contribution in [2.24, 2.45) is 0 Å². The highest BCUT2D eigenvalue weighted by molar-refractivity contribution is 4.59. The van der Waals surface area contributed by atoms with E-state index in [4.69, 9.17) is 0 Å². The van der Waals surface area contributed by atoms with E-state index in [9.17, 15) is 4.39 Å². The predicted octanol–water partition coefficient (Wildman–Crippen LogP) is -0.235. The van der Waals surface area contributed by atoms with Crippen molar-refractivity contribution in [3.63, 3.8) is 0 Å². The number of halogens is 1. The standard InChI is InChI=1S/C4H10N2.CH3F/c1-2-6-4-3-5-1;1-2/h5-6H,1-4H2;1H3. The number of piperazine rings is 1. The van der Waals surface area contributed by atoms with E-state index in [0.29, 0.717) is 7.18 Å². The van der Waals surface area contributed by atoms with Crippen molar-refractivity contribution < 1.29 is 4.39 Å². The van der Waals surface area contributed by atoms with Gasteiger partial charge in [0, 0.05) is 26.2 Å². The van der Waals surface area contributed by atoms with Crippen LogP contribution in [-0.4, -0.2) is 33.4 Å². The van der Waals surface area contributed by atoms with Gasteiger partial charge < -0.3 is 10.6 Å². The first-order valence-corrected chi connectivity index (χ1v) is 2.79. The fourth-order valence-electron chi connectivity index (χ4n) is 0.604. The minimum absolute atomic E-state index is 0.500. The van der Waals surface area contributed by atoms with Crippen molar-refractivity contribution in [2.75, 3.05) is 33.4 Å². The van der Waals surface area contributed by atoms with Gasteiger partial charge in [-0.2, -0.15) is 0 Å². The molecule has 0 radical (unpaired) electrons. The number of rotatable bonds is 0. The predicted molar refractivity (Wildman–Crippen MR) is 32.8 cm³/mol. The van der Waals surface area contributed by atoms with E-state index >= 15 is 0 Å². The van der Waals surface area contributed by atoms with Crippen LogP contribution in [0.15, 0.2) is 0 Å². The zero-order valence-corrected chi connectivity index (χ0v) is 5.21. The van der Waals surface area contributed by atoms with Gasteiger partial charge in [-0.3, -0.25) is 4.39 Å². The summed E-state index contributed by atoms with van der Waals surface area (Å²) in [4.78, 5) is 0. The molecule has 1 heterocycles. The summed E-state index contributed by atoms with van der Waals surface area (Å²) in [6.07, 6.45) is 0. The molecule has 1 aliphatic rings. The average molecular weight is 120 g/mol. The molecule has 0 atom stereocenters. The van der Waals surface area contributed by atoms with Crippen LogP contribution in [0, 0.1) is 0 Å². The lowest BCUT2D eigenvalue weighted by molar-refractivity contribution is 0.534. The molecule has 0 aromatic carbocycles. The first kappa shape index (κ1) is 7.85. The Morgan fingerprint density at radius 2 is 1.12 bits per heavy atom. The van der Waals surface area contributed by atoms with Crippen LogP contribution in [-0.2, 0) is 0 Å². The lowest BCUT2D eigenvalue weighted by Gasteiger charge is -2.11. The van der Waals surface area contributed by atoms with Gasteiger partial charge in [-0.25, -0.2) is 0 Å². The van der Waals surface area contributed by atoms with Crippen LogP contribution in [0.3, 0.4) is 0 Å². The van der Waals surface area contributed by atoms with Crippen LogP contribution in [0.4, 0.5) is 4.39 Å². The summed E-state index contributed by atoms with van der Waals surface area (Å²) < 4.78 is 9.50. The number of hydrogen-bond donors (Lipinski definition) is 2. The largest absolute Gasteiger partial charge is 0.314 e. The van der Waals surface area contributed by atoms with Gasteiger partial charge in [0.2, 0.25) is 0 Å². The van der Waals surface area contributed by atoms with Crippen LogP contribution in [0.25, 0.3) is 0 Å². The maximum Gasteiger partial charge on any atom is 0.0785 e. The minimum Gasteiger partial charge on any atom is -0.314 e. The Bertz CT molecular complexity index is 25.9. The van der Waals surface area contributed by atoms with Gasteiger partial charge in [0.25, 0.3) is 0 Å². The molecule has 2 N–H and O–H groups in total. The van der Waals surface area contributed by atoms with Gasteiger partial charge in [-0.1, -0.05) is 0 Å². The molecule has 1 saturated heterocycles. The van der Waals surface area contributed by atoms with Crippen LogP contribution < -0.4 is 10.6 Å². The molecule has 0 amide bonds. The highest BCUT2D eigenvalue weighted by atomic mass is 19.1. The van der Waals surface area contributed by atoms with Gasteiger partial charge >= 0.3 is 0 Å². The molecule has 1 rings (SSSR count). The Kier molecular flexibility index (Phi) is 6.72. The lowest BCUT2D eigenvalue weighted by atomic mass is 10.4. The SMILES string of the molecule is C1CNCCN1.CF. The molecule has 0 aromatic rings. The summed E-state index contributed by atoms with van der Waals surface area (Å²) in [5, 5.41) is 6.44. The topological polar surface area (TPSA) is 24.1 Å². The van der Waals surface area contributed by atoms with Crippen molar-refractivity contribution in [1.82, 2.24) is 10.6 Å². The number of nitrogens with one attached hydrogen (secondary N) is 2. The third kappa shape index (κ3) is 4.02. The van der Waals surface area contributed by atoms with Crippen molar-refractivity contribution in [3.8, 4) is 0 Å². The maximum atomic E-state index is 9.50. The third-order valence-corrected chi connectivity index (χ3v) is 0.957. The van der Waals surface area contributed by atoms with E-state index in [1.807, 2.05) is 0 Å². The number of hydrogen-bond acceptors (Lipinski definition) is 2. The van der Waals surface area contributed by atoms with Crippen molar-refractivity contribution in [3.05, 3.63) is 0 Å². The molecule has 0 aliphatic carbocycles. The zero-order valence-electron chi connectivity index (χ0n) is 5.21. The summed E-state index contributed by atoms with van der Waals surface area (Å²) in [6.45, 7) is 4.56. The second-order valence-electron chi connectivity index (χ2n) is 1.50. The van der Waals surface area contributed by atoms with Crippen LogP contribution in [0.5, 0.6) is 0 Å². The zero-order chi connectivity index (χ0) is 6.24. The first-order valence-electron chi connectivity index (χ1n) is 2.79. The smallest absolute Gasteiger partial charge is 0.0785 e. The molecule has 0 aromatic heterocycles. The molecule has 1 aliphatic heterocycles. The molecular formula is C5H13FN2. The fraction of sp³-hybridized carbons (Fsp3) is 1.00. The highest BCUT2D eigenvalue weighted by Gasteiger charge is 1.91. The summed E-state index contributed by atoms with van der Waals surface area (Å²) >= 11 is 0. The van der Waals surface area contributed by atoms with Gasteiger partial charge in [0.05, 0.1) is 7.18 Å². The second kappa shape index (κ2) is 6.85. The lowest BCUT2D eigenvalue weighted by Crippen LogP contribution is -2.39. The van der Waals surface area contributed by atoms with E-state index in [2.05, 4.69) is 10.6 Å². The van der Waals surface area contributed by atoms with Gasteiger partial charge in [-0.15, -0.1) is 0 Å². The molecular weight excluding hydrogens is 107 g/mol. The highest BCUT2D eigenvalue weighted by Crippen LogP contribution is 1.65. The molecule has 0 saturated carbocycles. The summed E-state index contributed by atoms with van der Waals surface area (Å²) in [7, 11) is 0.500. The summed E-state index contributed by atoms with van der Waals surface area (Å²) in [5.74, 6) is 0. The van der Waals surface area contributed by atoms with E-state index in [-0.39, 0.29) is 0 Å². The molecule has 1 fully saturated rings. The van der Waals surface area contributed by atoms with Crippen molar-refractivity contribution >= 4 is 0 Å². The Morgan fingerprint density at radius 3 is 1.25 bits per heavy atom. The molecule has 2 nitrogen and oxygen atoms in total. The van der Waals surface area contributed by atoms with E-state index in [1.165, 1.54) is 0 Å². The normalized spacial score (nSPS) is 18.8. The monoisotopic (exact) mass is 120 g/mol.